The van der Waals surface area contributed by atoms with Crippen LogP contribution >= 0.6 is 0 Å². The number of H-pyrrole nitrogens is 1. The highest BCUT2D eigenvalue weighted by Gasteiger charge is 2.07. The number of amides is 1. The van der Waals surface area contributed by atoms with Crippen LogP contribution in [0, 0.1) is 0 Å². The molecule has 0 bridgehead atoms. The molecule has 0 aliphatic carbocycles. The number of sulfonamides is 1. The Morgan fingerprint density at radius 3 is 2.29 bits per heavy atom. The Labute approximate surface area is 121 Å². The Bertz CT molecular complexity index is 810. The summed E-state index contributed by atoms with van der Waals surface area (Å²) >= 11 is 0. The lowest BCUT2D eigenvalue weighted by Gasteiger charge is -2.07. The average molecular weight is 307 g/mol. The third-order valence-corrected chi connectivity index (χ3v) is 3.09. The number of benzene rings is 1. The van der Waals surface area contributed by atoms with E-state index in [0.717, 1.165) is 6.26 Å². The molecule has 3 N–H and O–H groups in total. The lowest BCUT2D eigenvalue weighted by molar-refractivity contribution is 0.102. The molecule has 1 amide bonds. The van der Waals surface area contributed by atoms with Crippen LogP contribution in [-0.2, 0) is 10.0 Å². The predicted octanol–water partition coefficient (Wildman–Crippen LogP) is 0.999. The fourth-order valence-electron chi connectivity index (χ4n) is 1.62. The van der Waals surface area contributed by atoms with Gasteiger partial charge in [-0.3, -0.25) is 14.3 Å². The van der Waals surface area contributed by atoms with E-state index in [1.165, 1.54) is 30.5 Å². The number of rotatable bonds is 4. The van der Waals surface area contributed by atoms with Gasteiger partial charge in [-0.1, -0.05) is 0 Å². The molecule has 2 aromatic rings. The zero-order valence-electron chi connectivity index (χ0n) is 11.1. The van der Waals surface area contributed by atoms with Crippen molar-refractivity contribution in [3.8, 4) is 0 Å². The van der Waals surface area contributed by atoms with Gasteiger partial charge in [0, 0.05) is 29.2 Å². The van der Waals surface area contributed by atoms with E-state index in [2.05, 4.69) is 15.0 Å². The van der Waals surface area contributed by atoms with Gasteiger partial charge in [-0.05, 0) is 30.3 Å². The topological polar surface area (TPSA) is 108 Å². The standard InChI is InChI=1S/C13H13N3O4S/c1-21(19,20)16-11-4-2-10(3-5-11)15-13(18)9-6-7-14-12(17)8-9/h2-8,16H,1H3,(H,14,17)(H,15,18). The number of anilines is 2. The number of aromatic amines is 1. The highest BCUT2D eigenvalue weighted by molar-refractivity contribution is 7.92. The molecule has 110 valence electrons. The van der Waals surface area contributed by atoms with Crippen molar-refractivity contribution in [3.05, 3.63) is 58.5 Å². The molecule has 21 heavy (non-hydrogen) atoms. The van der Waals surface area contributed by atoms with Gasteiger partial charge >= 0.3 is 0 Å². The summed E-state index contributed by atoms with van der Waals surface area (Å²) in [5.41, 5.74) is 0.749. The number of carbonyl (C=O) groups is 1. The Hall–Kier alpha value is -2.61. The van der Waals surface area contributed by atoms with Gasteiger partial charge in [-0.15, -0.1) is 0 Å². The first-order valence-corrected chi connectivity index (χ1v) is 7.80. The van der Waals surface area contributed by atoms with Crippen molar-refractivity contribution in [1.29, 1.82) is 0 Å². The van der Waals surface area contributed by atoms with Gasteiger partial charge < -0.3 is 10.3 Å². The Morgan fingerprint density at radius 2 is 1.71 bits per heavy atom. The number of carbonyl (C=O) groups excluding carboxylic acids is 1. The second-order valence-corrected chi connectivity index (χ2v) is 6.10. The van der Waals surface area contributed by atoms with Crippen LogP contribution in [0.2, 0.25) is 0 Å². The first-order chi connectivity index (χ1) is 9.83. The van der Waals surface area contributed by atoms with Crippen LogP contribution in [0.3, 0.4) is 0 Å². The van der Waals surface area contributed by atoms with Crippen molar-refractivity contribution in [3.63, 3.8) is 0 Å². The first kappa shape index (κ1) is 14.8. The summed E-state index contributed by atoms with van der Waals surface area (Å²) in [5, 5.41) is 2.61. The lowest BCUT2D eigenvalue weighted by atomic mass is 10.2. The summed E-state index contributed by atoms with van der Waals surface area (Å²) in [6.07, 6.45) is 2.44. The van der Waals surface area contributed by atoms with Crippen LogP contribution in [0.4, 0.5) is 11.4 Å². The Balaban J connectivity index is 2.10. The molecule has 1 aromatic carbocycles. The van der Waals surface area contributed by atoms with Crippen LogP contribution < -0.4 is 15.6 Å². The van der Waals surface area contributed by atoms with Crippen molar-refractivity contribution in [2.45, 2.75) is 0 Å². The maximum Gasteiger partial charge on any atom is 0.255 e. The van der Waals surface area contributed by atoms with E-state index in [9.17, 15) is 18.0 Å². The predicted molar refractivity (Wildman–Crippen MR) is 79.9 cm³/mol. The molecule has 7 nitrogen and oxygen atoms in total. The molecule has 8 heteroatoms. The van der Waals surface area contributed by atoms with E-state index in [4.69, 9.17) is 0 Å². The molecular formula is C13H13N3O4S. The zero-order valence-corrected chi connectivity index (χ0v) is 11.9. The van der Waals surface area contributed by atoms with E-state index < -0.39 is 15.9 Å². The lowest BCUT2D eigenvalue weighted by Crippen LogP contribution is -2.15. The summed E-state index contributed by atoms with van der Waals surface area (Å²) in [6, 6.07) is 8.82. The quantitative estimate of drug-likeness (QED) is 0.783. The normalized spacial score (nSPS) is 10.9. The van der Waals surface area contributed by atoms with Crippen molar-refractivity contribution >= 4 is 27.3 Å². The molecule has 0 fully saturated rings. The number of aromatic nitrogens is 1. The molecule has 0 spiro atoms. The van der Waals surface area contributed by atoms with Crippen LogP contribution in [0.5, 0.6) is 0 Å². The minimum atomic E-state index is -3.34. The number of nitrogens with one attached hydrogen (secondary N) is 3. The van der Waals surface area contributed by atoms with Crippen molar-refractivity contribution in [2.75, 3.05) is 16.3 Å². The second kappa shape index (κ2) is 5.80. The minimum absolute atomic E-state index is 0.233. The Morgan fingerprint density at radius 1 is 1.10 bits per heavy atom. The number of hydrogen-bond donors (Lipinski definition) is 3. The minimum Gasteiger partial charge on any atom is -0.329 e. The number of pyridine rings is 1. The van der Waals surface area contributed by atoms with Gasteiger partial charge in [0.1, 0.15) is 0 Å². The zero-order chi connectivity index (χ0) is 15.5. The first-order valence-electron chi connectivity index (χ1n) is 5.91. The van der Waals surface area contributed by atoms with Gasteiger partial charge in [-0.2, -0.15) is 0 Å². The highest BCUT2D eigenvalue weighted by Crippen LogP contribution is 2.15. The summed E-state index contributed by atoms with van der Waals surface area (Å²) in [5.74, 6) is -0.426. The molecule has 0 unspecified atom stereocenters. The maximum absolute atomic E-state index is 11.9. The van der Waals surface area contributed by atoms with Gasteiger partial charge in [-0.25, -0.2) is 8.42 Å². The van der Waals surface area contributed by atoms with E-state index in [1.54, 1.807) is 12.1 Å². The summed E-state index contributed by atoms with van der Waals surface area (Å²) in [6.45, 7) is 0. The highest BCUT2D eigenvalue weighted by atomic mass is 32.2. The third kappa shape index (κ3) is 4.46. The molecule has 2 rings (SSSR count). The van der Waals surface area contributed by atoms with Crippen LogP contribution in [-0.4, -0.2) is 25.6 Å². The van der Waals surface area contributed by atoms with Gasteiger partial charge in [0.05, 0.1) is 6.26 Å². The van der Waals surface area contributed by atoms with Crippen LogP contribution in [0.1, 0.15) is 10.4 Å². The fraction of sp³-hybridized carbons (Fsp3) is 0.0769. The van der Waals surface area contributed by atoms with Crippen molar-refractivity contribution in [2.24, 2.45) is 0 Å². The van der Waals surface area contributed by atoms with Gasteiger partial charge in [0.25, 0.3) is 5.91 Å². The molecule has 0 radical (unpaired) electrons. The van der Waals surface area contributed by atoms with Crippen molar-refractivity contribution in [1.82, 2.24) is 4.98 Å². The van der Waals surface area contributed by atoms with Crippen LogP contribution in [0.25, 0.3) is 0 Å². The monoisotopic (exact) mass is 307 g/mol. The largest absolute Gasteiger partial charge is 0.329 e. The van der Waals surface area contributed by atoms with Crippen molar-refractivity contribution < 1.29 is 13.2 Å². The Kier molecular flexibility index (Phi) is 4.08. The van der Waals surface area contributed by atoms with E-state index in [-0.39, 0.29) is 11.1 Å². The average Bonchev–Trinajstić information content (AvgIpc) is 2.39. The summed E-state index contributed by atoms with van der Waals surface area (Å²) in [7, 11) is -3.34. The van der Waals surface area contributed by atoms with E-state index in [1.807, 2.05) is 0 Å². The fourth-order valence-corrected chi connectivity index (χ4v) is 2.19. The smallest absolute Gasteiger partial charge is 0.255 e. The molecule has 0 saturated heterocycles. The SMILES string of the molecule is CS(=O)(=O)Nc1ccc(NC(=O)c2cc[nH]c(=O)c2)cc1. The molecular weight excluding hydrogens is 294 g/mol. The molecule has 0 aliphatic rings. The van der Waals surface area contributed by atoms with Gasteiger partial charge in [0.2, 0.25) is 15.6 Å². The maximum atomic E-state index is 11.9. The van der Waals surface area contributed by atoms with Crippen LogP contribution in [0.15, 0.2) is 47.4 Å². The molecule has 0 atom stereocenters. The van der Waals surface area contributed by atoms with E-state index in [0.29, 0.717) is 11.4 Å². The molecule has 1 aromatic heterocycles. The molecule has 1 heterocycles. The van der Waals surface area contributed by atoms with E-state index >= 15 is 0 Å². The summed E-state index contributed by atoms with van der Waals surface area (Å²) in [4.78, 5) is 25.4. The molecule has 0 saturated carbocycles. The second-order valence-electron chi connectivity index (χ2n) is 4.35. The number of hydrogen-bond acceptors (Lipinski definition) is 4. The third-order valence-electron chi connectivity index (χ3n) is 2.48. The molecule has 0 aliphatic heterocycles. The van der Waals surface area contributed by atoms with Gasteiger partial charge in [0.15, 0.2) is 0 Å². The summed E-state index contributed by atoms with van der Waals surface area (Å²) < 4.78 is 24.4.